The van der Waals surface area contributed by atoms with Crippen molar-refractivity contribution in [3.63, 3.8) is 0 Å². The molecular formula is C20H25NO2. The van der Waals surface area contributed by atoms with Crippen LogP contribution in [0.2, 0.25) is 0 Å². The number of aliphatic hydroxyl groups is 1. The number of para-hydroxylation sites is 1. The molecule has 3 nitrogen and oxygen atoms in total. The van der Waals surface area contributed by atoms with Gasteiger partial charge in [-0.2, -0.15) is 0 Å². The van der Waals surface area contributed by atoms with Crippen LogP contribution in [0.5, 0.6) is 11.5 Å². The lowest BCUT2D eigenvalue weighted by atomic mass is 10.00. The van der Waals surface area contributed by atoms with E-state index >= 15 is 0 Å². The Labute approximate surface area is 138 Å². The maximum atomic E-state index is 9.69. The summed E-state index contributed by atoms with van der Waals surface area (Å²) in [5, 5.41) is 9.69. The fourth-order valence-electron chi connectivity index (χ4n) is 3.15. The van der Waals surface area contributed by atoms with Crippen LogP contribution in [0.1, 0.15) is 25.3 Å². The topological polar surface area (TPSA) is 32.7 Å². The van der Waals surface area contributed by atoms with Gasteiger partial charge >= 0.3 is 0 Å². The van der Waals surface area contributed by atoms with Crippen molar-refractivity contribution >= 4 is 0 Å². The molecule has 3 heteroatoms. The van der Waals surface area contributed by atoms with E-state index in [4.69, 9.17) is 4.74 Å². The van der Waals surface area contributed by atoms with Crippen molar-refractivity contribution in [2.75, 3.05) is 13.1 Å². The van der Waals surface area contributed by atoms with Crippen molar-refractivity contribution in [1.82, 2.24) is 4.90 Å². The highest BCUT2D eigenvalue weighted by Gasteiger charge is 2.23. The number of likely N-dealkylation sites (tertiary alicyclic amines) is 1. The molecule has 122 valence electrons. The first-order chi connectivity index (χ1) is 11.2. The third kappa shape index (κ3) is 4.57. The van der Waals surface area contributed by atoms with Gasteiger partial charge in [-0.3, -0.25) is 0 Å². The number of aliphatic hydroxyl groups excluding tert-OH is 1. The first-order valence-electron chi connectivity index (χ1n) is 8.44. The normalized spacial score (nSPS) is 22.0. The summed E-state index contributed by atoms with van der Waals surface area (Å²) in [5.41, 5.74) is 1.32. The molecule has 0 spiro atoms. The van der Waals surface area contributed by atoms with E-state index in [9.17, 15) is 5.11 Å². The van der Waals surface area contributed by atoms with Crippen LogP contribution >= 0.6 is 0 Å². The SMILES string of the molecule is CC1CC(O)CCN1CCc1ccc(Oc2ccccc2)cc1. The highest BCUT2D eigenvalue weighted by Crippen LogP contribution is 2.22. The number of nitrogens with zero attached hydrogens (tertiary/aromatic N) is 1. The van der Waals surface area contributed by atoms with Crippen LogP contribution in [0.4, 0.5) is 0 Å². The average molecular weight is 311 g/mol. The van der Waals surface area contributed by atoms with Gasteiger partial charge in [-0.15, -0.1) is 0 Å². The smallest absolute Gasteiger partial charge is 0.127 e. The molecule has 3 rings (SSSR count). The van der Waals surface area contributed by atoms with Crippen LogP contribution in [-0.2, 0) is 6.42 Å². The minimum absolute atomic E-state index is 0.115. The largest absolute Gasteiger partial charge is 0.457 e. The summed E-state index contributed by atoms with van der Waals surface area (Å²) in [7, 11) is 0. The minimum atomic E-state index is -0.115. The fraction of sp³-hybridized carbons (Fsp3) is 0.400. The molecular weight excluding hydrogens is 286 g/mol. The summed E-state index contributed by atoms with van der Waals surface area (Å²) in [6.45, 7) is 4.25. The Hall–Kier alpha value is -1.84. The van der Waals surface area contributed by atoms with Gasteiger partial charge < -0.3 is 14.7 Å². The third-order valence-corrected chi connectivity index (χ3v) is 4.58. The molecule has 1 aliphatic heterocycles. The standard InChI is InChI=1S/C20H25NO2/c1-16-15-18(22)12-14-21(16)13-11-17-7-9-20(10-8-17)23-19-5-3-2-4-6-19/h2-10,16,18,22H,11-15H2,1H3. The van der Waals surface area contributed by atoms with Gasteiger partial charge in [0.05, 0.1) is 6.10 Å². The minimum Gasteiger partial charge on any atom is -0.457 e. The molecule has 0 aliphatic carbocycles. The summed E-state index contributed by atoms with van der Waals surface area (Å²) in [5.74, 6) is 1.73. The highest BCUT2D eigenvalue weighted by atomic mass is 16.5. The monoisotopic (exact) mass is 311 g/mol. The van der Waals surface area contributed by atoms with Crippen molar-refractivity contribution in [2.24, 2.45) is 0 Å². The molecule has 0 aromatic heterocycles. The predicted octanol–water partition coefficient (Wildman–Crippen LogP) is 3.87. The van der Waals surface area contributed by atoms with Gasteiger partial charge in [0.15, 0.2) is 0 Å². The zero-order valence-electron chi connectivity index (χ0n) is 13.7. The first-order valence-corrected chi connectivity index (χ1v) is 8.44. The zero-order chi connectivity index (χ0) is 16.1. The van der Waals surface area contributed by atoms with Crippen LogP contribution < -0.4 is 4.74 Å². The Balaban J connectivity index is 1.51. The van der Waals surface area contributed by atoms with Gasteiger partial charge in [0, 0.05) is 19.1 Å². The number of rotatable bonds is 5. The van der Waals surface area contributed by atoms with E-state index in [1.807, 2.05) is 42.5 Å². The quantitative estimate of drug-likeness (QED) is 0.910. The number of piperidine rings is 1. The van der Waals surface area contributed by atoms with Crippen LogP contribution in [-0.4, -0.2) is 35.2 Å². The lowest BCUT2D eigenvalue weighted by Crippen LogP contribution is -2.43. The Kier molecular flexibility index (Phi) is 5.31. The number of benzene rings is 2. The number of hydrogen-bond donors (Lipinski definition) is 1. The van der Waals surface area contributed by atoms with Crippen molar-refractivity contribution in [1.29, 1.82) is 0 Å². The van der Waals surface area contributed by atoms with E-state index in [0.717, 1.165) is 43.9 Å². The van der Waals surface area contributed by atoms with E-state index in [0.29, 0.717) is 6.04 Å². The third-order valence-electron chi connectivity index (χ3n) is 4.58. The van der Waals surface area contributed by atoms with Crippen LogP contribution in [0.15, 0.2) is 54.6 Å². The molecule has 2 aromatic carbocycles. The molecule has 0 saturated carbocycles. The van der Waals surface area contributed by atoms with Gasteiger partial charge in [-0.25, -0.2) is 0 Å². The maximum absolute atomic E-state index is 9.69. The number of ether oxygens (including phenoxy) is 1. The Bertz CT molecular complexity index is 597. The average Bonchev–Trinajstić information content (AvgIpc) is 2.56. The first kappa shape index (κ1) is 16.0. The van der Waals surface area contributed by atoms with E-state index in [2.05, 4.69) is 24.0 Å². The maximum Gasteiger partial charge on any atom is 0.127 e. The molecule has 2 atom stereocenters. The van der Waals surface area contributed by atoms with Crippen molar-refractivity contribution in [2.45, 2.75) is 38.3 Å². The van der Waals surface area contributed by atoms with Crippen LogP contribution in [0.3, 0.4) is 0 Å². The van der Waals surface area contributed by atoms with Gasteiger partial charge in [-0.1, -0.05) is 30.3 Å². The molecule has 1 N–H and O–H groups in total. The molecule has 0 amide bonds. The second-order valence-electron chi connectivity index (χ2n) is 6.37. The predicted molar refractivity (Wildman–Crippen MR) is 92.9 cm³/mol. The lowest BCUT2D eigenvalue weighted by Gasteiger charge is -2.35. The highest BCUT2D eigenvalue weighted by molar-refractivity contribution is 5.33. The second-order valence-corrected chi connectivity index (χ2v) is 6.37. The summed E-state index contributed by atoms with van der Waals surface area (Å²) < 4.78 is 5.82. The molecule has 2 aromatic rings. The Morgan fingerprint density at radius 3 is 2.43 bits per heavy atom. The van der Waals surface area contributed by atoms with Crippen LogP contribution in [0.25, 0.3) is 0 Å². The van der Waals surface area contributed by atoms with E-state index < -0.39 is 0 Å². The molecule has 1 saturated heterocycles. The Morgan fingerprint density at radius 1 is 1.04 bits per heavy atom. The van der Waals surface area contributed by atoms with Crippen molar-refractivity contribution < 1.29 is 9.84 Å². The van der Waals surface area contributed by atoms with E-state index in [1.54, 1.807) is 0 Å². The summed E-state index contributed by atoms with van der Waals surface area (Å²) >= 11 is 0. The Morgan fingerprint density at radius 2 is 1.74 bits per heavy atom. The van der Waals surface area contributed by atoms with Gasteiger partial charge in [-0.05, 0) is 56.0 Å². The van der Waals surface area contributed by atoms with Gasteiger partial charge in [0.2, 0.25) is 0 Å². The summed E-state index contributed by atoms with van der Waals surface area (Å²) in [6.07, 6.45) is 2.71. The molecule has 23 heavy (non-hydrogen) atoms. The van der Waals surface area contributed by atoms with Crippen molar-refractivity contribution in [3.05, 3.63) is 60.2 Å². The second kappa shape index (κ2) is 7.62. The molecule has 0 radical (unpaired) electrons. The lowest BCUT2D eigenvalue weighted by molar-refractivity contribution is 0.0490. The molecule has 2 unspecified atom stereocenters. The van der Waals surface area contributed by atoms with Crippen molar-refractivity contribution in [3.8, 4) is 11.5 Å². The zero-order valence-corrected chi connectivity index (χ0v) is 13.7. The molecule has 0 bridgehead atoms. The summed E-state index contributed by atoms with van der Waals surface area (Å²) in [6, 6.07) is 18.7. The van der Waals surface area contributed by atoms with E-state index in [-0.39, 0.29) is 6.10 Å². The molecule has 1 heterocycles. The molecule has 1 aliphatic rings. The van der Waals surface area contributed by atoms with E-state index in [1.165, 1.54) is 5.56 Å². The number of hydrogen-bond acceptors (Lipinski definition) is 3. The van der Waals surface area contributed by atoms with Crippen LogP contribution in [0, 0.1) is 0 Å². The van der Waals surface area contributed by atoms with Gasteiger partial charge in [0.1, 0.15) is 11.5 Å². The summed E-state index contributed by atoms with van der Waals surface area (Å²) in [4.78, 5) is 2.47. The fourth-order valence-corrected chi connectivity index (χ4v) is 3.15. The molecule has 1 fully saturated rings. The van der Waals surface area contributed by atoms with Gasteiger partial charge in [0.25, 0.3) is 0 Å².